The van der Waals surface area contributed by atoms with Crippen molar-refractivity contribution in [3.8, 4) is 0 Å². The Balaban J connectivity index is 1.50. The minimum atomic E-state index is -0.299. The molecule has 2 aliphatic heterocycles. The lowest BCUT2D eigenvalue weighted by Gasteiger charge is -2.43. The zero-order valence-electron chi connectivity index (χ0n) is 14.7. The molecule has 2 aliphatic rings. The Morgan fingerprint density at radius 1 is 1.27 bits per heavy atom. The number of aromatic nitrogens is 2. The first-order valence-electron chi connectivity index (χ1n) is 8.78. The Morgan fingerprint density at radius 3 is 2.88 bits per heavy atom. The van der Waals surface area contributed by atoms with E-state index in [1.807, 2.05) is 49.4 Å². The molecule has 134 valence electrons. The van der Waals surface area contributed by atoms with Gasteiger partial charge in [0.05, 0.1) is 25.3 Å². The monoisotopic (exact) mass is 351 g/mol. The number of rotatable bonds is 3. The van der Waals surface area contributed by atoms with Gasteiger partial charge >= 0.3 is 6.09 Å². The number of hydrogen-bond donors (Lipinski definition) is 0. The molecule has 1 amide bonds. The van der Waals surface area contributed by atoms with E-state index in [0.717, 1.165) is 22.7 Å². The van der Waals surface area contributed by atoms with E-state index in [4.69, 9.17) is 9.47 Å². The molecule has 26 heavy (non-hydrogen) atoms. The first-order valence-corrected chi connectivity index (χ1v) is 8.78. The van der Waals surface area contributed by atoms with Crippen molar-refractivity contribution in [3.05, 3.63) is 65.8 Å². The highest BCUT2D eigenvalue weighted by Gasteiger charge is 2.39. The molecule has 6 heteroatoms. The first-order chi connectivity index (χ1) is 12.7. The number of carbonyl (C=O) groups excluding carboxylic acids is 1. The van der Waals surface area contributed by atoms with Gasteiger partial charge in [0.2, 0.25) is 0 Å². The second-order valence-corrected chi connectivity index (χ2v) is 6.62. The number of fused-ring (bicyclic) bond motifs is 2. The number of amides is 1. The second kappa shape index (κ2) is 7.25. The van der Waals surface area contributed by atoms with Gasteiger partial charge < -0.3 is 9.47 Å². The lowest BCUT2D eigenvalue weighted by atomic mass is 9.94. The molecule has 0 N–H and O–H groups in total. The molecule has 2 aromatic rings. The van der Waals surface area contributed by atoms with E-state index in [1.165, 1.54) is 0 Å². The van der Waals surface area contributed by atoms with E-state index in [1.54, 1.807) is 11.1 Å². The molecule has 2 atom stereocenters. The van der Waals surface area contributed by atoms with E-state index >= 15 is 0 Å². The molecule has 3 heterocycles. The summed E-state index contributed by atoms with van der Waals surface area (Å²) in [5, 5.41) is 0. The third-order valence-corrected chi connectivity index (χ3v) is 4.70. The van der Waals surface area contributed by atoms with Gasteiger partial charge in [0, 0.05) is 11.9 Å². The lowest BCUT2D eigenvalue weighted by molar-refractivity contribution is -0.0342. The molecule has 4 rings (SSSR count). The third-order valence-electron chi connectivity index (χ3n) is 4.70. The highest BCUT2D eigenvalue weighted by atomic mass is 16.6. The molecule has 0 aliphatic carbocycles. The quantitative estimate of drug-likeness (QED) is 0.851. The fourth-order valence-corrected chi connectivity index (χ4v) is 3.44. The summed E-state index contributed by atoms with van der Waals surface area (Å²) in [6.07, 6.45) is 4.17. The maximum Gasteiger partial charge on any atom is 0.411 e. The molecule has 2 unspecified atom stereocenters. The van der Waals surface area contributed by atoms with Gasteiger partial charge in [0.1, 0.15) is 6.61 Å². The SMILES string of the molecule is Cc1ccnc(C2=CC3COCC(C2)N3C(=O)OCc2ccccc2)n1. The zero-order chi connectivity index (χ0) is 17.9. The third kappa shape index (κ3) is 3.46. The van der Waals surface area contributed by atoms with E-state index in [2.05, 4.69) is 9.97 Å². The van der Waals surface area contributed by atoms with Gasteiger partial charge in [-0.2, -0.15) is 0 Å². The highest BCUT2D eigenvalue weighted by Crippen LogP contribution is 2.31. The van der Waals surface area contributed by atoms with Gasteiger partial charge in [-0.25, -0.2) is 14.8 Å². The topological polar surface area (TPSA) is 64.5 Å². The van der Waals surface area contributed by atoms with Gasteiger partial charge in [0.15, 0.2) is 5.82 Å². The smallest absolute Gasteiger partial charge is 0.411 e. The van der Waals surface area contributed by atoms with Crippen molar-refractivity contribution in [3.63, 3.8) is 0 Å². The predicted molar refractivity (Wildman–Crippen MR) is 96.2 cm³/mol. The van der Waals surface area contributed by atoms with Crippen LogP contribution >= 0.6 is 0 Å². The van der Waals surface area contributed by atoms with E-state index in [0.29, 0.717) is 19.6 Å². The average Bonchev–Trinajstić information content (AvgIpc) is 2.66. The first kappa shape index (κ1) is 16.7. The van der Waals surface area contributed by atoms with E-state index < -0.39 is 0 Å². The maximum atomic E-state index is 12.7. The van der Waals surface area contributed by atoms with Gasteiger partial charge in [-0.15, -0.1) is 0 Å². The van der Waals surface area contributed by atoms with Crippen LogP contribution in [-0.2, 0) is 16.1 Å². The van der Waals surface area contributed by atoms with E-state index in [-0.39, 0.29) is 24.8 Å². The molecule has 0 radical (unpaired) electrons. The number of hydrogen-bond acceptors (Lipinski definition) is 5. The molecule has 1 aromatic heterocycles. The van der Waals surface area contributed by atoms with Gasteiger partial charge in [0.25, 0.3) is 0 Å². The summed E-state index contributed by atoms with van der Waals surface area (Å²) in [7, 11) is 0. The van der Waals surface area contributed by atoms with Crippen molar-refractivity contribution in [1.82, 2.24) is 14.9 Å². The molecule has 0 saturated carbocycles. The van der Waals surface area contributed by atoms with Gasteiger partial charge in [-0.3, -0.25) is 4.90 Å². The van der Waals surface area contributed by atoms with Crippen LogP contribution in [0.25, 0.3) is 5.57 Å². The molecule has 6 nitrogen and oxygen atoms in total. The van der Waals surface area contributed by atoms with Crippen LogP contribution in [0, 0.1) is 6.92 Å². The normalized spacial score (nSPS) is 21.9. The minimum absolute atomic E-state index is 0.0545. The fourth-order valence-electron chi connectivity index (χ4n) is 3.44. The Morgan fingerprint density at radius 2 is 2.12 bits per heavy atom. The molecule has 2 bridgehead atoms. The fraction of sp³-hybridized carbons (Fsp3) is 0.350. The van der Waals surface area contributed by atoms with E-state index in [9.17, 15) is 4.79 Å². The second-order valence-electron chi connectivity index (χ2n) is 6.62. The molecule has 1 aromatic carbocycles. The largest absolute Gasteiger partial charge is 0.445 e. The van der Waals surface area contributed by atoms with Crippen LogP contribution in [0.4, 0.5) is 4.79 Å². The number of nitrogens with zero attached hydrogens (tertiary/aromatic N) is 3. The van der Waals surface area contributed by atoms with Crippen molar-refractivity contribution in [2.75, 3.05) is 13.2 Å². The molecular weight excluding hydrogens is 330 g/mol. The molecular formula is C20H21N3O3. The summed E-state index contributed by atoms with van der Waals surface area (Å²) < 4.78 is 11.2. The summed E-state index contributed by atoms with van der Waals surface area (Å²) in [6.45, 7) is 3.19. The van der Waals surface area contributed by atoms with Crippen LogP contribution in [0.5, 0.6) is 0 Å². The van der Waals surface area contributed by atoms with Crippen LogP contribution < -0.4 is 0 Å². The van der Waals surface area contributed by atoms with Crippen molar-refractivity contribution < 1.29 is 14.3 Å². The van der Waals surface area contributed by atoms with Crippen LogP contribution in [0.2, 0.25) is 0 Å². The van der Waals surface area contributed by atoms with Crippen LogP contribution in [0.15, 0.2) is 48.7 Å². The molecule has 1 fully saturated rings. The maximum absolute atomic E-state index is 12.7. The number of ether oxygens (including phenoxy) is 2. The van der Waals surface area contributed by atoms with Crippen molar-refractivity contribution in [1.29, 1.82) is 0 Å². The summed E-state index contributed by atoms with van der Waals surface area (Å²) in [6, 6.07) is 11.4. The number of aryl methyl sites for hydroxylation is 1. The summed E-state index contributed by atoms with van der Waals surface area (Å²) >= 11 is 0. The number of carbonyl (C=O) groups is 1. The highest BCUT2D eigenvalue weighted by molar-refractivity contribution is 5.73. The predicted octanol–water partition coefficient (Wildman–Crippen LogP) is 2.98. The molecule has 0 spiro atoms. The van der Waals surface area contributed by atoms with Crippen molar-refractivity contribution in [2.24, 2.45) is 0 Å². The van der Waals surface area contributed by atoms with Crippen molar-refractivity contribution in [2.45, 2.75) is 32.0 Å². The summed E-state index contributed by atoms with van der Waals surface area (Å²) in [4.78, 5) is 23.4. The zero-order valence-corrected chi connectivity index (χ0v) is 14.7. The Kier molecular flexibility index (Phi) is 4.67. The van der Waals surface area contributed by atoms with Gasteiger partial charge in [-0.1, -0.05) is 36.4 Å². The van der Waals surface area contributed by atoms with Crippen LogP contribution in [0.3, 0.4) is 0 Å². The Hall–Kier alpha value is -2.73. The Labute approximate surface area is 152 Å². The van der Waals surface area contributed by atoms with Crippen molar-refractivity contribution >= 4 is 11.7 Å². The van der Waals surface area contributed by atoms with Gasteiger partial charge in [-0.05, 0) is 30.5 Å². The summed E-state index contributed by atoms with van der Waals surface area (Å²) in [5.41, 5.74) is 2.98. The summed E-state index contributed by atoms with van der Waals surface area (Å²) in [5.74, 6) is 0.735. The minimum Gasteiger partial charge on any atom is -0.445 e. The van der Waals surface area contributed by atoms with Crippen LogP contribution in [0.1, 0.15) is 23.5 Å². The Bertz CT molecular complexity index is 822. The molecule has 1 saturated heterocycles. The van der Waals surface area contributed by atoms with Crippen LogP contribution in [-0.4, -0.2) is 46.3 Å². The number of benzene rings is 1. The lowest BCUT2D eigenvalue weighted by Crippen LogP contribution is -2.56. The average molecular weight is 351 g/mol. The number of morpholine rings is 1. The standard InChI is InChI=1S/C20H21N3O3/c1-14-7-8-21-19(22-14)16-9-17-12-25-13-18(10-16)23(17)20(24)26-11-15-5-3-2-4-6-15/h2-9,17-18H,10-13H2,1H3.